The van der Waals surface area contributed by atoms with Crippen molar-refractivity contribution in [1.82, 2.24) is 0 Å². The van der Waals surface area contributed by atoms with Crippen molar-refractivity contribution in [3.63, 3.8) is 0 Å². The molecule has 1 aromatic carbocycles. The van der Waals surface area contributed by atoms with Gasteiger partial charge in [-0.15, -0.1) is 0 Å². The summed E-state index contributed by atoms with van der Waals surface area (Å²) in [6.07, 6.45) is 0.906. The predicted octanol–water partition coefficient (Wildman–Crippen LogP) is 1.49. The van der Waals surface area contributed by atoms with Crippen molar-refractivity contribution >= 4 is 5.97 Å². The summed E-state index contributed by atoms with van der Waals surface area (Å²) in [6.45, 7) is 4.29. The van der Waals surface area contributed by atoms with Crippen LogP contribution in [0.1, 0.15) is 31.0 Å². The van der Waals surface area contributed by atoms with Gasteiger partial charge < -0.3 is 20.3 Å². The molecule has 0 aliphatic carbocycles. The molecule has 3 N–H and O–H groups in total. The minimum Gasteiger partial charge on any atom is -0.494 e. The Kier molecular flexibility index (Phi) is 3.43. The van der Waals surface area contributed by atoms with Gasteiger partial charge in [-0.05, 0) is 26.0 Å². The summed E-state index contributed by atoms with van der Waals surface area (Å²) >= 11 is 0. The van der Waals surface area contributed by atoms with Crippen molar-refractivity contribution in [2.45, 2.75) is 32.4 Å². The Bertz CT molecular complexity index is 472. The third-order valence-corrected chi connectivity index (χ3v) is 2.93. The van der Waals surface area contributed by atoms with Gasteiger partial charge in [-0.2, -0.15) is 0 Å². The lowest BCUT2D eigenvalue weighted by molar-refractivity contribution is -0.138. The molecular formula is C13H17NO4. The molecule has 0 fully saturated rings. The van der Waals surface area contributed by atoms with Crippen LogP contribution in [-0.2, 0) is 11.2 Å². The van der Waals surface area contributed by atoms with Crippen molar-refractivity contribution in [3.05, 3.63) is 23.3 Å². The Morgan fingerprint density at radius 2 is 2.39 bits per heavy atom. The highest BCUT2D eigenvalue weighted by molar-refractivity contribution is 5.77. The average molecular weight is 251 g/mol. The summed E-state index contributed by atoms with van der Waals surface area (Å²) in [5.41, 5.74) is 7.15. The van der Waals surface area contributed by atoms with Crippen molar-refractivity contribution in [2.75, 3.05) is 6.61 Å². The lowest BCUT2D eigenvalue weighted by atomic mass is 10.0. The van der Waals surface area contributed by atoms with Crippen LogP contribution in [0.25, 0.3) is 0 Å². The van der Waals surface area contributed by atoms with Crippen LogP contribution in [-0.4, -0.2) is 23.8 Å². The molecule has 0 saturated heterocycles. The molecule has 0 saturated carbocycles. The molecule has 0 amide bonds. The zero-order valence-electron chi connectivity index (χ0n) is 10.5. The first kappa shape index (κ1) is 12.7. The Hall–Kier alpha value is -1.75. The lowest BCUT2D eigenvalue weighted by Crippen LogP contribution is -2.21. The molecule has 1 heterocycles. The quantitative estimate of drug-likeness (QED) is 0.847. The molecule has 2 unspecified atom stereocenters. The van der Waals surface area contributed by atoms with Crippen LogP contribution < -0.4 is 15.2 Å². The van der Waals surface area contributed by atoms with Gasteiger partial charge in [0.15, 0.2) is 0 Å². The van der Waals surface area contributed by atoms with Crippen LogP contribution in [0.5, 0.6) is 11.5 Å². The average Bonchev–Trinajstić information content (AvgIpc) is 2.66. The van der Waals surface area contributed by atoms with Crippen molar-refractivity contribution in [2.24, 2.45) is 5.73 Å². The predicted molar refractivity (Wildman–Crippen MR) is 66.0 cm³/mol. The van der Waals surface area contributed by atoms with Crippen LogP contribution in [0, 0.1) is 0 Å². The first-order valence-electron chi connectivity index (χ1n) is 5.97. The van der Waals surface area contributed by atoms with E-state index in [1.54, 1.807) is 6.07 Å². The van der Waals surface area contributed by atoms with E-state index in [4.69, 9.17) is 20.3 Å². The number of fused-ring (bicyclic) bond motifs is 1. The highest BCUT2D eigenvalue weighted by Crippen LogP contribution is 2.37. The van der Waals surface area contributed by atoms with Crippen molar-refractivity contribution in [1.29, 1.82) is 0 Å². The summed E-state index contributed by atoms with van der Waals surface area (Å²) in [6, 6.07) is 2.42. The molecule has 0 spiro atoms. The molecule has 1 aromatic rings. The summed E-state index contributed by atoms with van der Waals surface area (Å²) in [7, 11) is 0. The number of benzene rings is 1. The van der Waals surface area contributed by atoms with E-state index in [1.165, 1.54) is 0 Å². The molecule has 1 aliphatic rings. The molecule has 0 aromatic heterocycles. The fraction of sp³-hybridized carbons (Fsp3) is 0.462. The third kappa shape index (κ3) is 2.26. The second kappa shape index (κ2) is 4.86. The first-order chi connectivity index (χ1) is 8.52. The molecule has 98 valence electrons. The SMILES string of the molecule is CCOc1cc2c(cc1C(N)C(=O)O)OC(C)C2. The number of rotatable bonds is 4. The Morgan fingerprint density at radius 1 is 1.67 bits per heavy atom. The van der Waals surface area contributed by atoms with E-state index in [0.717, 1.165) is 12.0 Å². The van der Waals surface area contributed by atoms with Gasteiger partial charge in [-0.25, -0.2) is 0 Å². The Morgan fingerprint density at radius 3 is 3.00 bits per heavy atom. The fourth-order valence-electron chi connectivity index (χ4n) is 2.11. The number of carboxylic acids is 1. The number of hydrogen-bond acceptors (Lipinski definition) is 4. The number of carbonyl (C=O) groups is 1. The monoisotopic (exact) mass is 251 g/mol. The lowest BCUT2D eigenvalue weighted by Gasteiger charge is -2.15. The van der Waals surface area contributed by atoms with E-state index in [-0.39, 0.29) is 6.10 Å². The van der Waals surface area contributed by atoms with Crippen LogP contribution in [0.15, 0.2) is 12.1 Å². The van der Waals surface area contributed by atoms with E-state index in [0.29, 0.717) is 23.7 Å². The second-order valence-electron chi connectivity index (χ2n) is 4.38. The third-order valence-electron chi connectivity index (χ3n) is 2.93. The summed E-state index contributed by atoms with van der Waals surface area (Å²) in [5, 5.41) is 9.01. The van der Waals surface area contributed by atoms with E-state index in [9.17, 15) is 4.79 Å². The highest BCUT2D eigenvalue weighted by atomic mass is 16.5. The van der Waals surface area contributed by atoms with Gasteiger partial charge >= 0.3 is 5.97 Å². The maximum atomic E-state index is 11.0. The molecule has 0 bridgehead atoms. The first-order valence-corrected chi connectivity index (χ1v) is 5.97. The Balaban J connectivity index is 2.44. The number of aliphatic carboxylic acids is 1. The van der Waals surface area contributed by atoms with Gasteiger partial charge in [0.1, 0.15) is 23.6 Å². The van der Waals surface area contributed by atoms with Crippen LogP contribution >= 0.6 is 0 Å². The maximum absolute atomic E-state index is 11.0. The van der Waals surface area contributed by atoms with Crippen LogP contribution in [0.2, 0.25) is 0 Å². The smallest absolute Gasteiger partial charge is 0.325 e. The van der Waals surface area contributed by atoms with Gasteiger partial charge in [-0.3, -0.25) is 4.79 Å². The molecule has 0 radical (unpaired) electrons. The van der Waals surface area contributed by atoms with Crippen LogP contribution in [0.4, 0.5) is 0 Å². The zero-order chi connectivity index (χ0) is 13.3. The standard InChI is InChI=1S/C13H17NO4/c1-3-17-11-5-8-4-7(2)18-10(8)6-9(11)12(14)13(15)16/h5-7,12H,3-4,14H2,1-2H3,(H,15,16). The largest absolute Gasteiger partial charge is 0.494 e. The van der Waals surface area contributed by atoms with E-state index in [2.05, 4.69) is 0 Å². The van der Waals surface area contributed by atoms with Crippen LogP contribution in [0.3, 0.4) is 0 Å². The highest BCUT2D eigenvalue weighted by Gasteiger charge is 2.26. The minimum atomic E-state index is -1.10. The van der Waals surface area contributed by atoms with E-state index in [1.807, 2.05) is 19.9 Å². The van der Waals surface area contributed by atoms with Crippen molar-refractivity contribution in [3.8, 4) is 11.5 Å². The number of ether oxygens (including phenoxy) is 2. The molecular weight excluding hydrogens is 234 g/mol. The van der Waals surface area contributed by atoms with E-state index >= 15 is 0 Å². The van der Waals surface area contributed by atoms with Gasteiger partial charge in [-0.1, -0.05) is 0 Å². The Labute approximate surface area is 106 Å². The number of nitrogens with two attached hydrogens (primary N) is 1. The molecule has 1 aliphatic heterocycles. The minimum absolute atomic E-state index is 0.103. The molecule has 2 atom stereocenters. The van der Waals surface area contributed by atoms with E-state index < -0.39 is 12.0 Å². The molecule has 2 rings (SSSR count). The summed E-state index contributed by atoms with van der Waals surface area (Å²) in [5.74, 6) is 0.156. The van der Waals surface area contributed by atoms with Gasteiger partial charge in [0.25, 0.3) is 0 Å². The van der Waals surface area contributed by atoms with Gasteiger partial charge in [0.2, 0.25) is 0 Å². The molecule has 18 heavy (non-hydrogen) atoms. The number of hydrogen-bond donors (Lipinski definition) is 2. The summed E-state index contributed by atoms with van der Waals surface area (Å²) < 4.78 is 11.1. The normalized spacial score (nSPS) is 18.9. The number of carboxylic acid groups (broad SMARTS) is 1. The van der Waals surface area contributed by atoms with Crippen molar-refractivity contribution < 1.29 is 19.4 Å². The maximum Gasteiger partial charge on any atom is 0.325 e. The molecule has 5 heteroatoms. The molecule has 5 nitrogen and oxygen atoms in total. The topological polar surface area (TPSA) is 81.8 Å². The van der Waals surface area contributed by atoms with Gasteiger partial charge in [0, 0.05) is 17.5 Å². The van der Waals surface area contributed by atoms with Gasteiger partial charge in [0.05, 0.1) is 6.61 Å². The fourth-order valence-corrected chi connectivity index (χ4v) is 2.11. The zero-order valence-corrected chi connectivity index (χ0v) is 10.5. The summed E-state index contributed by atoms with van der Waals surface area (Å²) in [4.78, 5) is 11.0. The second-order valence-corrected chi connectivity index (χ2v) is 4.38.